The second-order valence-corrected chi connectivity index (χ2v) is 8.76. The van der Waals surface area contributed by atoms with E-state index in [1.807, 2.05) is 6.26 Å². The van der Waals surface area contributed by atoms with Gasteiger partial charge in [0.25, 0.3) is 0 Å². The molecule has 0 aliphatic heterocycles. The van der Waals surface area contributed by atoms with Crippen molar-refractivity contribution in [2.75, 3.05) is 0 Å². The molecule has 0 radical (unpaired) electrons. The van der Waals surface area contributed by atoms with E-state index < -0.39 is 0 Å². The van der Waals surface area contributed by atoms with Crippen LogP contribution in [0.1, 0.15) is 43.6 Å². The molecule has 0 saturated heterocycles. The first-order valence-electron chi connectivity index (χ1n) is 11.1. The van der Waals surface area contributed by atoms with Crippen LogP contribution in [0.4, 0.5) is 0 Å². The maximum atomic E-state index is 6.35. The quantitative estimate of drug-likeness (QED) is 0.281. The number of benzene rings is 4. The van der Waals surface area contributed by atoms with Gasteiger partial charge in [0.05, 0.1) is 6.26 Å². The van der Waals surface area contributed by atoms with Gasteiger partial charge in [-0.1, -0.05) is 61.7 Å². The molecular weight excluding hydrogens is 368 g/mol. The topological polar surface area (TPSA) is 26.3 Å². The van der Waals surface area contributed by atoms with Crippen LogP contribution in [0.3, 0.4) is 0 Å². The molecule has 146 valence electrons. The van der Waals surface area contributed by atoms with Gasteiger partial charge < -0.3 is 8.83 Å². The zero-order valence-corrected chi connectivity index (χ0v) is 16.8. The van der Waals surface area contributed by atoms with Gasteiger partial charge in [-0.15, -0.1) is 0 Å². The number of rotatable bonds is 1. The molecule has 0 unspecified atom stereocenters. The maximum Gasteiger partial charge on any atom is 0.136 e. The fourth-order valence-electron chi connectivity index (χ4n) is 5.71. The summed E-state index contributed by atoms with van der Waals surface area (Å²) in [5.74, 6) is 0.593. The smallest absolute Gasteiger partial charge is 0.136 e. The van der Waals surface area contributed by atoms with Crippen LogP contribution >= 0.6 is 0 Å². The van der Waals surface area contributed by atoms with Crippen molar-refractivity contribution in [3.05, 3.63) is 72.5 Å². The molecule has 2 nitrogen and oxygen atoms in total. The fraction of sp³-hybridized carbons (Fsp3) is 0.214. The predicted octanol–water partition coefficient (Wildman–Crippen LogP) is 8.69. The Balaban J connectivity index is 1.71. The highest BCUT2D eigenvalue weighted by atomic mass is 16.3. The molecule has 1 aliphatic carbocycles. The molecule has 2 heteroatoms. The largest absolute Gasteiger partial charge is 0.464 e. The molecule has 6 aromatic rings. The van der Waals surface area contributed by atoms with Crippen LogP contribution in [0.25, 0.3) is 54.5 Å². The van der Waals surface area contributed by atoms with E-state index in [9.17, 15) is 0 Å². The first-order valence-corrected chi connectivity index (χ1v) is 11.1. The first kappa shape index (κ1) is 16.5. The van der Waals surface area contributed by atoms with Gasteiger partial charge >= 0.3 is 0 Å². The van der Waals surface area contributed by atoms with E-state index in [2.05, 4.69) is 60.7 Å². The number of furan rings is 2. The minimum absolute atomic E-state index is 0.593. The van der Waals surface area contributed by atoms with Crippen LogP contribution in [0, 0.1) is 0 Å². The van der Waals surface area contributed by atoms with Crippen LogP contribution in [-0.4, -0.2) is 0 Å². The highest BCUT2D eigenvalue weighted by Gasteiger charge is 2.23. The van der Waals surface area contributed by atoms with E-state index in [1.54, 1.807) is 0 Å². The average molecular weight is 390 g/mol. The summed E-state index contributed by atoms with van der Waals surface area (Å²) >= 11 is 0. The molecule has 30 heavy (non-hydrogen) atoms. The molecule has 4 aromatic carbocycles. The zero-order valence-electron chi connectivity index (χ0n) is 16.8. The molecule has 0 spiro atoms. The van der Waals surface area contributed by atoms with E-state index in [4.69, 9.17) is 8.83 Å². The number of hydrogen-bond acceptors (Lipinski definition) is 2. The molecule has 1 saturated carbocycles. The van der Waals surface area contributed by atoms with Crippen LogP contribution in [0.5, 0.6) is 0 Å². The molecule has 0 N–H and O–H groups in total. The Hall–Kier alpha value is -3.26. The zero-order chi connectivity index (χ0) is 19.7. The van der Waals surface area contributed by atoms with E-state index in [1.165, 1.54) is 75.4 Å². The minimum Gasteiger partial charge on any atom is -0.464 e. The summed E-state index contributed by atoms with van der Waals surface area (Å²) in [5.41, 5.74) is 4.29. The summed E-state index contributed by atoms with van der Waals surface area (Å²) < 4.78 is 12.5. The van der Waals surface area contributed by atoms with Gasteiger partial charge in [0.15, 0.2) is 0 Å². The van der Waals surface area contributed by atoms with E-state index in [0.717, 1.165) is 16.7 Å². The third-order valence-electron chi connectivity index (χ3n) is 7.12. The Kier molecular flexibility index (Phi) is 3.37. The second-order valence-electron chi connectivity index (χ2n) is 8.76. The Bertz CT molecular complexity index is 1570. The third-order valence-corrected chi connectivity index (χ3v) is 7.12. The summed E-state index contributed by atoms with van der Waals surface area (Å²) in [7, 11) is 0. The molecule has 0 bridgehead atoms. The van der Waals surface area contributed by atoms with Crippen molar-refractivity contribution in [3.63, 3.8) is 0 Å². The molecular formula is C28H22O2. The van der Waals surface area contributed by atoms with E-state index in [0.29, 0.717) is 5.92 Å². The van der Waals surface area contributed by atoms with Crippen LogP contribution in [0.15, 0.2) is 75.8 Å². The van der Waals surface area contributed by atoms with Gasteiger partial charge in [-0.05, 0) is 53.1 Å². The molecule has 7 rings (SSSR count). The minimum atomic E-state index is 0.593. The second kappa shape index (κ2) is 6.12. The molecule has 1 fully saturated rings. The maximum absolute atomic E-state index is 6.35. The van der Waals surface area contributed by atoms with Gasteiger partial charge in [-0.2, -0.15) is 0 Å². The Morgan fingerprint density at radius 3 is 2.20 bits per heavy atom. The van der Waals surface area contributed by atoms with Gasteiger partial charge in [0.2, 0.25) is 0 Å². The Morgan fingerprint density at radius 1 is 0.600 bits per heavy atom. The summed E-state index contributed by atoms with van der Waals surface area (Å²) in [4.78, 5) is 0. The van der Waals surface area contributed by atoms with Crippen molar-refractivity contribution >= 4 is 54.5 Å². The van der Waals surface area contributed by atoms with Gasteiger partial charge in [0, 0.05) is 27.1 Å². The van der Waals surface area contributed by atoms with E-state index in [-0.39, 0.29) is 0 Å². The molecule has 0 atom stereocenters. The Labute approximate surface area is 174 Å². The molecule has 1 aliphatic rings. The summed E-state index contributed by atoms with van der Waals surface area (Å²) in [6, 6.07) is 21.5. The highest BCUT2D eigenvalue weighted by molar-refractivity contribution is 6.31. The van der Waals surface area contributed by atoms with Crippen molar-refractivity contribution < 1.29 is 8.83 Å². The van der Waals surface area contributed by atoms with Crippen molar-refractivity contribution in [2.24, 2.45) is 0 Å². The average Bonchev–Trinajstić information content (AvgIpc) is 3.41. The standard InChI is InChI=1S/C28H22O2/c1-2-6-17(7-3-1)21-16-29-22-13-11-19-12-15-24-28(25(19)27(21)22)26-20-9-5-4-8-18(20)10-14-23(26)30-24/h4-5,8-17H,1-3,6-7H2. The first-order chi connectivity index (χ1) is 14.9. The summed E-state index contributed by atoms with van der Waals surface area (Å²) in [6.45, 7) is 0. The lowest BCUT2D eigenvalue weighted by molar-refractivity contribution is 0.441. The van der Waals surface area contributed by atoms with Gasteiger partial charge in [-0.25, -0.2) is 0 Å². The van der Waals surface area contributed by atoms with Crippen molar-refractivity contribution in [1.29, 1.82) is 0 Å². The Morgan fingerprint density at radius 2 is 1.33 bits per heavy atom. The fourth-order valence-corrected chi connectivity index (χ4v) is 5.71. The van der Waals surface area contributed by atoms with Crippen LogP contribution < -0.4 is 0 Å². The molecule has 2 aromatic heterocycles. The SMILES string of the molecule is c1ccc2c(c1)ccc1oc3ccc4ccc5occ(C6CCCCC6)c5c4c3c12. The normalized spacial score (nSPS) is 15.9. The van der Waals surface area contributed by atoms with Crippen molar-refractivity contribution in [3.8, 4) is 0 Å². The molecule has 2 heterocycles. The van der Waals surface area contributed by atoms with E-state index >= 15 is 0 Å². The number of hydrogen-bond donors (Lipinski definition) is 0. The van der Waals surface area contributed by atoms with Crippen LogP contribution in [0.2, 0.25) is 0 Å². The lowest BCUT2D eigenvalue weighted by atomic mass is 9.83. The highest BCUT2D eigenvalue weighted by Crippen LogP contribution is 2.45. The van der Waals surface area contributed by atoms with Crippen LogP contribution in [-0.2, 0) is 0 Å². The van der Waals surface area contributed by atoms with Crippen molar-refractivity contribution in [1.82, 2.24) is 0 Å². The van der Waals surface area contributed by atoms with Crippen molar-refractivity contribution in [2.45, 2.75) is 38.0 Å². The van der Waals surface area contributed by atoms with Gasteiger partial charge in [-0.3, -0.25) is 0 Å². The molecule has 0 amide bonds. The summed E-state index contributed by atoms with van der Waals surface area (Å²) in [6.07, 6.45) is 8.54. The third kappa shape index (κ3) is 2.19. The summed E-state index contributed by atoms with van der Waals surface area (Å²) in [5, 5.41) is 8.78. The van der Waals surface area contributed by atoms with Gasteiger partial charge in [0.1, 0.15) is 16.7 Å². The predicted molar refractivity (Wildman–Crippen MR) is 124 cm³/mol. The monoisotopic (exact) mass is 390 g/mol. The lowest BCUT2D eigenvalue weighted by Gasteiger charge is -2.21. The lowest BCUT2D eigenvalue weighted by Crippen LogP contribution is -2.03. The number of fused-ring (bicyclic) bond motifs is 9.